The Morgan fingerprint density at radius 2 is 2.07 bits per heavy atom. The zero-order valence-electron chi connectivity index (χ0n) is 16.2. The summed E-state index contributed by atoms with van der Waals surface area (Å²) in [4.78, 5) is 26.9. The van der Waals surface area contributed by atoms with Crippen LogP contribution < -0.4 is 10.9 Å². The molecule has 3 aromatic rings. The number of nitrogens with one attached hydrogen (secondary N) is 1. The van der Waals surface area contributed by atoms with Crippen molar-refractivity contribution >= 4 is 22.5 Å². The molecule has 146 valence electrons. The van der Waals surface area contributed by atoms with Crippen molar-refractivity contribution in [2.24, 2.45) is 0 Å². The predicted octanol–water partition coefficient (Wildman–Crippen LogP) is 1.79. The van der Waals surface area contributed by atoms with Crippen LogP contribution in [0.15, 0.2) is 27.6 Å². The highest BCUT2D eigenvalue weighted by atomic mass is 16.3. The maximum atomic E-state index is 12.7. The number of rotatable bonds is 9. The van der Waals surface area contributed by atoms with Crippen molar-refractivity contribution < 1.29 is 9.21 Å². The van der Waals surface area contributed by atoms with Crippen LogP contribution in [0.5, 0.6) is 0 Å². The molecule has 0 aliphatic rings. The summed E-state index contributed by atoms with van der Waals surface area (Å²) >= 11 is 0. The van der Waals surface area contributed by atoms with Crippen molar-refractivity contribution in [3.63, 3.8) is 0 Å². The van der Waals surface area contributed by atoms with Crippen molar-refractivity contribution in [2.75, 3.05) is 26.2 Å². The topological polar surface area (TPSA) is 84.8 Å². The maximum Gasteiger partial charge on any atom is 0.291 e. The summed E-state index contributed by atoms with van der Waals surface area (Å²) in [5.74, 6) is 0.720. The summed E-state index contributed by atoms with van der Waals surface area (Å²) in [6.07, 6.45) is 2.54. The molecule has 8 nitrogen and oxygen atoms in total. The Morgan fingerprint density at radius 1 is 1.30 bits per heavy atom. The largest absolute Gasteiger partial charge is 0.463 e. The van der Waals surface area contributed by atoms with Crippen molar-refractivity contribution in [3.05, 3.63) is 34.6 Å². The van der Waals surface area contributed by atoms with E-state index in [4.69, 9.17) is 4.42 Å². The van der Waals surface area contributed by atoms with Gasteiger partial charge >= 0.3 is 0 Å². The number of nitrogens with zero attached hydrogens (tertiary/aromatic N) is 4. The Hall–Kier alpha value is -2.61. The van der Waals surface area contributed by atoms with Gasteiger partial charge in [0.25, 0.3) is 5.56 Å². The third-order valence-corrected chi connectivity index (χ3v) is 4.88. The number of aromatic nitrogens is 3. The van der Waals surface area contributed by atoms with Crippen LogP contribution in [0.2, 0.25) is 0 Å². The summed E-state index contributed by atoms with van der Waals surface area (Å²) in [5, 5.41) is 7.33. The maximum absolute atomic E-state index is 12.7. The lowest BCUT2D eigenvalue weighted by Crippen LogP contribution is -2.35. The molecule has 3 aromatic heterocycles. The first-order valence-corrected chi connectivity index (χ1v) is 9.50. The minimum atomic E-state index is -0.172. The number of hydrogen-bond donors (Lipinski definition) is 1. The monoisotopic (exact) mass is 373 g/mol. The van der Waals surface area contributed by atoms with Gasteiger partial charge in [-0.3, -0.25) is 14.0 Å². The van der Waals surface area contributed by atoms with E-state index in [9.17, 15) is 9.59 Å². The Balaban J connectivity index is 1.58. The molecule has 0 radical (unpaired) electrons. The number of amides is 1. The van der Waals surface area contributed by atoms with E-state index in [1.54, 1.807) is 16.7 Å². The van der Waals surface area contributed by atoms with Gasteiger partial charge in [0.15, 0.2) is 5.58 Å². The Labute approximate surface area is 157 Å². The highest BCUT2D eigenvalue weighted by Gasteiger charge is 2.14. The van der Waals surface area contributed by atoms with Gasteiger partial charge in [0.1, 0.15) is 11.3 Å². The molecule has 0 aliphatic heterocycles. The van der Waals surface area contributed by atoms with E-state index in [1.807, 2.05) is 13.0 Å². The number of furan rings is 1. The van der Waals surface area contributed by atoms with Crippen LogP contribution in [0.1, 0.15) is 32.5 Å². The van der Waals surface area contributed by atoms with Gasteiger partial charge in [-0.1, -0.05) is 13.8 Å². The molecule has 0 bridgehead atoms. The van der Waals surface area contributed by atoms with Crippen molar-refractivity contribution in [1.29, 1.82) is 0 Å². The van der Waals surface area contributed by atoms with Gasteiger partial charge in [0.2, 0.25) is 5.91 Å². The lowest BCUT2D eigenvalue weighted by Gasteiger charge is -2.17. The zero-order valence-corrected chi connectivity index (χ0v) is 16.2. The van der Waals surface area contributed by atoms with Crippen LogP contribution in [0.3, 0.4) is 0 Å². The van der Waals surface area contributed by atoms with Crippen LogP contribution in [-0.4, -0.2) is 51.2 Å². The van der Waals surface area contributed by atoms with Gasteiger partial charge < -0.3 is 14.6 Å². The Kier molecular flexibility index (Phi) is 5.95. The molecule has 3 rings (SSSR count). The third-order valence-electron chi connectivity index (χ3n) is 4.88. The quantitative estimate of drug-likeness (QED) is 0.618. The first kappa shape index (κ1) is 19.2. The van der Waals surface area contributed by atoms with Gasteiger partial charge in [-0.2, -0.15) is 5.10 Å². The second-order valence-electron chi connectivity index (χ2n) is 6.59. The van der Waals surface area contributed by atoms with Crippen molar-refractivity contribution in [3.8, 4) is 0 Å². The minimum Gasteiger partial charge on any atom is -0.463 e. The zero-order chi connectivity index (χ0) is 19.4. The molecule has 0 atom stereocenters. The molecule has 1 N–H and O–H groups in total. The van der Waals surface area contributed by atoms with E-state index in [0.717, 1.165) is 25.2 Å². The van der Waals surface area contributed by atoms with E-state index in [-0.39, 0.29) is 11.5 Å². The highest BCUT2D eigenvalue weighted by molar-refractivity contribution is 5.82. The standard InChI is InChI=1S/C19H27N5O3/c1-4-22(5-2)11-9-20-18(25)7-6-10-23-19(26)16-13-17-15(8-12-27-17)24(16)14(3)21-23/h8,12-13H,4-7,9-11H2,1-3H3,(H,20,25). The minimum absolute atomic E-state index is 0.00760. The number of carbonyl (C=O) groups is 1. The third kappa shape index (κ3) is 4.05. The summed E-state index contributed by atoms with van der Waals surface area (Å²) in [6.45, 7) is 9.94. The molecular weight excluding hydrogens is 346 g/mol. The first-order chi connectivity index (χ1) is 13.0. The molecule has 8 heteroatoms. The Bertz CT molecular complexity index is 980. The highest BCUT2D eigenvalue weighted by Crippen LogP contribution is 2.19. The molecule has 3 heterocycles. The molecule has 0 aromatic carbocycles. The van der Waals surface area contributed by atoms with Gasteiger partial charge in [-0.15, -0.1) is 0 Å². The molecule has 0 saturated carbocycles. The molecular formula is C19H27N5O3. The van der Waals surface area contributed by atoms with Gasteiger partial charge in [-0.05, 0) is 26.4 Å². The average molecular weight is 373 g/mol. The number of aryl methyl sites for hydroxylation is 2. The van der Waals surface area contributed by atoms with E-state index in [2.05, 4.69) is 29.2 Å². The molecule has 0 spiro atoms. The van der Waals surface area contributed by atoms with Crippen molar-refractivity contribution in [1.82, 2.24) is 24.4 Å². The van der Waals surface area contributed by atoms with Crippen LogP contribution in [0.4, 0.5) is 0 Å². The van der Waals surface area contributed by atoms with Crippen LogP contribution in [0, 0.1) is 6.92 Å². The number of likely N-dealkylation sites (N-methyl/N-ethyl adjacent to an activating group) is 1. The second-order valence-corrected chi connectivity index (χ2v) is 6.59. The molecule has 0 aliphatic carbocycles. The van der Waals surface area contributed by atoms with Gasteiger partial charge in [0, 0.05) is 38.2 Å². The fraction of sp³-hybridized carbons (Fsp3) is 0.526. The number of hydrogen-bond acceptors (Lipinski definition) is 5. The summed E-state index contributed by atoms with van der Waals surface area (Å²) < 4.78 is 8.62. The van der Waals surface area contributed by atoms with Gasteiger partial charge in [-0.25, -0.2) is 4.68 Å². The molecule has 0 saturated heterocycles. The number of carbonyl (C=O) groups excluding carboxylic acids is 1. The summed E-state index contributed by atoms with van der Waals surface area (Å²) in [5.41, 5.74) is 1.88. The van der Waals surface area contributed by atoms with E-state index in [1.165, 1.54) is 4.68 Å². The fourth-order valence-electron chi connectivity index (χ4n) is 3.35. The normalized spacial score (nSPS) is 11.7. The molecule has 1 amide bonds. The lowest BCUT2D eigenvalue weighted by molar-refractivity contribution is -0.121. The number of fused-ring (bicyclic) bond motifs is 3. The first-order valence-electron chi connectivity index (χ1n) is 9.50. The Morgan fingerprint density at radius 3 is 2.81 bits per heavy atom. The SMILES string of the molecule is CCN(CC)CCNC(=O)CCCn1nc(C)n2c(cc3occc32)c1=O. The molecule has 0 fully saturated rings. The molecule has 0 unspecified atom stereocenters. The van der Waals surface area contributed by atoms with E-state index >= 15 is 0 Å². The van der Waals surface area contributed by atoms with Crippen LogP contribution in [0.25, 0.3) is 16.6 Å². The van der Waals surface area contributed by atoms with Crippen molar-refractivity contribution in [2.45, 2.75) is 40.2 Å². The van der Waals surface area contributed by atoms with Crippen LogP contribution in [-0.2, 0) is 11.3 Å². The van der Waals surface area contributed by atoms with E-state index in [0.29, 0.717) is 42.9 Å². The second kappa shape index (κ2) is 8.39. The van der Waals surface area contributed by atoms with E-state index < -0.39 is 0 Å². The average Bonchev–Trinajstić information content (AvgIpc) is 3.24. The fourth-order valence-corrected chi connectivity index (χ4v) is 3.35. The smallest absolute Gasteiger partial charge is 0.291 e. The summed E-state index contributed by atoms with van der Waals surface area (Å²) in [7, 11) is 0. The van der Waals surface area contributed by atoms with Gasteiger partial charge in [0.05, 0.1) is 11.8 Å². The molecule has 27 heavy (non-hydrogen) atoms. The lowest BCUT2D eigenvalue weighted by atomic mass is 10.3. The van der Waals surface area contributed by atoms with Crippen LogP contribution >= 0.6 is 0 Å². The predicted molar refractivity (Wildman–Crippen MR) is 104 cm³/mol. The summed E-state index contributed by atoms with van der Waals surface area (Å²) in [6, 6.07) is 3.56.